The Morgan fingerprint density at radius 3 is 1.00 bits per heavy atom. The molecule has 0 amide bonds. The van der Waals surface area contributed by atoms with Gasteiger partial charge in [0.2, 0.25) is 0 Å². The molecule has 1 aromatic heterocycles. The van der Waals surface area contributed by atoms with Crippen LogP contribution in [0, 0.1) is 0 Å². The monoisotopic (exact) mass is 399 g/mol. The highest BCUT2D eigenvalue weighted by Gasteiger charge is 2.49. The molecule has 0 aliphatic heterocycles. The zero-order valence-corrected chi connectivity index (χ0v) is 20.0. The minimum absolute atomic E-state index is 0.760. The van der Waals surface area contributed by atoms with Gasteiger partial charge in [0.05, 0.1) is 0 Å². The van der Waals surface area contributed by atoms with E-state index in [1.165, 1.54) is 5.69 Å². The van der Waals surface area contributed by atoms with Crippen LogP contribution in [-0.2, 0) is 0 Å². The molecule has 116 valence electrons. The molecule has 28 radical (unpaired) electrons. The highest BCUT2D eigenvalue weighted by atomic mass is 32.1. The molecule has 0 aromatic carbocycles. The molecule has 0 fully saturated rings. The van der Waals surface area contributed by atoms with Crippen LogP contribution in [0.3, 0.4) is 0 Å². The molecule has 1 nitrogen and oxygen atoms in total. The molecule has 0 unspecified atom stereocenters. The molecule has 0 atom stereocenters. The summed E-state index contributed by atoms with van der Waals surface area (Å²) in [4.78, 5) is 0. The lowest BCUT2D eigenvalue weighted by molar-refractivity contribution is 1.56. The third kappa shape index (κ3) is 11.0. The van der Waals surface area contributed by atoms with Gasteiger partial charge in [0, 0.05) is 203 Å². The van der Waals surface area contributed by atoms with E-state index < -0.39 is 76.6 Å². The predicted molar refractivity (Wildman–Crippen MR) is 183 cm³/mol. The molecule has 1 heterocycles. The second kappa shape index (κ2) is 16.8. The highest BCUT2D eigenvalue weighted by molar-refractivity contribution is 8.25. The van der Waals surface area contributed by atoms with Crippen molar-refractivity contribution >= 4 is 202 Å². The first-order valence-corrected chi connectivity index (χ1v) is 11.4. The summed E-state index contributed by atoms with van der Waals surface area (Å²) in [6.07, 6.45) is -10.9. The number of hydrogen-bond donors (Lipinski definition) is 1. The first kappa shape index (κ1) is 34.2. The van der Waals surface area contributed by atoms with Crippen LogP contribution in [-0.4, -0.2) is 192 Å². The molecular formula is C5H7B26NS. The predicted octanol–water partition coefficient (Wildman–Crippen LogP) is -8.11. The van der Waals surface area contributed by atoms with Crippen LogP contribution >= 0.6 is 11.3 Å². The van der Waals surface area contributed by atoms with Crippen LogP contribution in [0.4, 0.5) is 5.69 Å². The summed E-state index contributed by atoms with van der Waals surface area (Å²) in [5, 5.41) is 7.13. The van der Waals surface area contributed by atoms with E-state index in [2.05, 4.69) is 10.7 Å². The molecule has 0 bridgehead atoms. The Kier molecular flexibility index (Phi) is 17.4. The summed E-state index contributed by atoms with van der Waals surface area (Å²) in [5.74, 6) is 0. The van der Waals surface area contributed by atoms with Crippen LogP contribution in [0.2, 0.25) is 0 Å². The van der Waals surface area contributed by atoms with E-state index >= 15 is 0 Å². The van der Waals surface area contributed by atoms with Gasteiger partial charge in [-0.15, -0.1) is 0 Å². The van der Waals surface area contributed by atoms with Crippen LogP contribution in [0.1, 0.15) is 0 Å². The topological polar surface area (TPSA) is 12.0 Å². The maximum atomic E-state index is 6.02. The highest BCUT2D eigenvalue weighted by Crippen LogP contribution is 2.12. The summed E-state index contributed by atoms with van der Waals surface area (Å²) in [6, 6.07) is 2.05. The van der Waals surface area contributed by atoms with Crippen LogP contribution in [0.5, 0.6) is 0 Å². The Hall–Kier alpha value is 1.19. The number of thiophene rings is 1. The van der Waals surface area contributed by atoms with Gasteiger partial charge >= 0.3 is 0 Å². The average Bonchev–Trinajstić information content (AvgIpc) is 3.17. The second-order valence-corrected chi connectivity index (χ2v) is 8.97. The van der Waals surface area contributed by atoms with Crippen molar-refractivity contribution in [1.29, 1.82) is 0 Å². The molecule has 33 heavy (non-hydrogen) atoms. The number of nitrogens with one attached hydrogen (secondary N) is 1. The lowest BCUT2D eigenvalue weighted by atomic mass is 8.34. The van der Waals surface area contributed by atoms with E-state index in [0.29, 0.717) is 0 Å². The minimum atomic E-state index is -1.02. The van der Waals surface area contributed by atoms with E-state index in [0.717, 1.165) is 0 Å². The van der Waals surface area contributed by atoms with Gasteiger partial charge in [-0.25, -0.2) is 0 Å². The lowest BCUT2D eigenvalue weighted by Crippen LogP contribution is -2.86. The van der Waals surface area contributed by atoms with Gasteiger partial charge < -0.3 is 5.32 Å². The van der Waals surface area contributed by atoms with Crippen molar-refractivity contribution in [3.8, 4) is 0 Å². The Balaban J connectivity index is 0.00000123. The SMILES string of the molecule is CNc1ccsc1.[B]B([B])B(B([B])[B])B(B([B])[B])B(B(B([B])[B])B([B])[B])B(B([B])[B])B([B])[B]. The van der Waals surface area contributed by atoms with E-state index in [1.807, 2.05) is 18.5 Å². The van der Waals surface area contributed by atoms with Gasteiger partial charge in [-0.2, -0.15) is 11.3 Å². The molecule has 0 aliphatic rings. The van der Waals surface area contributed by atoms with Gasteiger partial charge in [-0.05, 0) is 11.4 Å². The van der Waals surface area contributed by atoms with Crippen LogP contribution < -0.4 is 5.32 Å². The summed E-state index contributed by atoms with van der Waals surface area (Å²) in [7, 11) is 84.8. The molecule has 1 aromatic rings. The normalized spacial score (nSPS) is 9.24. The van der Waals surface area contributed by atoms with Gasteiger partial charge in [0.1, 0.15) is 0 Å². The van der Waals surface area contributed by atoms with Crippen molar-refractivity contribution in [1.82, 2.24) is 0 Å². The fraction of sp³-hybridized carbons (Fsp3) is 0.200. The van der Waals surface area contributed by atoms with Crippen molar-refractivity contribution in [3.63, 3.8) is 0 Å². The van der Waals surface area contributed by atoms with Crippen LogP contribution in [0.25, 0.3) is 0 Å². The van der Waals surface area contributed by atoms with Crippen molar-refractivity contribution in [2.75, 3.05) is 12.4 Å². The molecule has 0 spiro atoms. The fourth-order valence-electron chi connectivity index (χ4n) is 4.26. The maximum absolute atomic E-state index is 6.02. The molecule has 0 aliphatic carbocycles. The molecule has 0 saturated heterocycles. The van der Waals surface area contributed by atoms with Crippen molar-refractivity contribution in [2.24, 2.45) is 0 Å². The zero-order chi connectivity index (χ0) is 26.0. The van der Waals surface area contributed by atoms with Crippen molar-refractivity contribution < 1.29 is 0 Å². The lowest BCUT2D eigenvalue weighted by Gasteiger charge is -2.48. The van der Waals surface area contributed by atoms with Gasteiger partial charge in [-0.3, -0.25) is 0 Å². The Bertz CT molecular complexity index is 558. The van der Waals surface area contributed by atoms with Gasteiger partial charge in [0.25, 0.3) is 0 Å². The maximum Gasteiger partial charge on any atom is 0.0446 e. The first-order chi connectivity index (χ1) is 15.2. The summed E-state index contributed by atoms with van der Waals surface area (Å²) in [5.41, 5.74) is 1.20. The number of anilines is 1. The Labute approximate surface area is 230 Å². The molecule has 1 rings (SSSR count). The van der Waals surface area contributed by atoms with Crippen LogP contribution in [0.15, 0.2) is 16.8 Å². The molecular weight excluding hydrogens is 387 g/mol. The van der Waals surface area contributed by atoms with E-state index in [1.54, 1.807) is 11.3 Å². The molecule has 1 N–H and O–H groups in total. The number of rotatable bonds is 12. The second-order valence-electron chi connectivity index (χ2n) is 8.19. The smallest absolute Gasteiger partial charge is 0.0446 e. The largest absolute Gasteiger partial charge is 0.387 e. The minimum Gasteiger partial charge on any atom is -0.387 e. The van der Waals surface area contributed by atoms with Gasteiger partial charge in [0.15, 0.2) is 0 Å². The average molecular weight is 394 g/mol. The molecule has 0 saturated carbocycles. The fourth-order valence-corrected chi connectivity index (χ4v) is 4.90. The Morgan fingerprint density at radius 1 is 0.515 bits per heavy atom. The first-order valence-electron chi connectivity index (χ1n) is 10.5. The number of hydrogen-bond acceptors (Lipinski definition) is 2. The zero-order valence-electron chi connectivity index (χ0n) is 19.2. The third-order valence-electron chi connectivity index (χ3n) is 5.70. The summed E-state index contributed by atoms with van der Waals surface area (Å²) < 4.78 is 0. The van der Waals surface area contributed by atoms with E-state index in [4.69, 9.17) is 108 Å². The molecule has 28 heteroatoms. The standard InChI is InChI=1S/C5H7NS.B26/c1-6-5-2-3-7-4-5;1-15(2)22(16(3)4)25(21(13)14)26(23(17(5)6)18(7)8)24(19(9)10)20(11)12/h2-4,6H,1H3;. The summed E-state index contributed by atoms with van der Waals surface area (Å²) in [6.45, 7) is 0. The Morgan fingerprint density at radius 2 is 0.818 bits per heavy atom. The van der Waals surface area contributed by atoms with Crippen molar-refractivity contribution in [2.45, 2.75) is 0 Å². The third-order valence-corrected chi connectivity index (χ3v) is 6.38. The van der Waals surface area contributed by atoms with E-state index in [-0.39, 0.29) is 0 Å². The summed E-state index contributed by atoms with van der Waals surface area (Å²) >= 11 is 1.70. The quantitative estimate of drug-likeness (QED) is 0.348. The van der Waals surface area contributed by atoms with E-state index in [9.17, 15) is 0 Å². The van der Waals surface area contributed by atoms with Gasteiger partial charge in [-0.1, -0.05) is 0 Å². The van der Waals surface area contributed by atoms with Crippen molar-refractivity contribution in [3.05, 3.63) is 16.8 Å².